The summed E-state index contributed by atoms with van der Waals surface area (Å²) in [6, 6.07) is 0.267. The highest BCUT2D eigenvalue weighted by molar-refractivity contribution is 6.28. The lowest BCUT2D eigenvalue weighted by Crippen LogP contribution is -2.14. The van der Waals surface area contributed by atoms with Crippen molar-refractivity contribution in [2.45, 2.75) is 26.8 Å². The summed E-state index contributed by atoms with van der Waals surface area (Å²) < 4.78 is 0. The minimum atomic E-state index is 0.194. The molecule has 6 heteroatoms. The van der Waals surface area contributed by atoms with Crippen LogP contribution in [-0.2, 0) is 0 Å². The second-order valence-corrected chi connectivity index (χ2v) is 3.42. The van der Waals surface area contributed by atoms with Crippen LogP contribution in [0.5, 0.6) is 0 Å². The van der Waals surface area contributed by atoms with E-state index in [4.69, 9.17) is 11.6 Å². The summed E-state index contributed by atoms with van der Waals surface area (Å²) in [4.78, 5) is 12.0. The first-order valence-corrected chi connectivity index (χ1v) is 4.91. The lowest BCUT2D eigenvalue weighted by atomic mass is 10.4. The van der Waals surface area contributed by atoms with Crippen LogP contribution in [0, 0.1) is 0 Å². The zero-order valence-corrected chi connectivity index (χ0v) is 9.26. The molecule has 1 aromatic rings. The molecule has 0 saturated carbocycles. The third-order valence-electron chi connectivity index (χ3n) is 1.36. The SMILES string of the molecule is CCN[13c]1n[13c](Cl)n[13c](NC(C)C)n1. The lowest BCUT2D eigenvalue weighted by Gasteiger charge is -2.09. The van der Waals surface area contributed by atoms with Crippen molar-refractivity contribution in [3.8, 4) is 0 Å². The van der Waals surface area contributed by atoms with E-state index in [0.29, 0.717) is 11.9 Å². The molecule has 0 atom stereocenters. The standard InChI is InChI=1S/C8H14ClN5/c1-4-10-7-12-6(9)13-8(14-7)11-5(2)3/h5H,4H2,1-3H3,(H2,10,11,12,13,14)/i6+1,7+1,8+1. The van der Waals surface area contributed by atoms with Gasteiger partial charge < -0.3 is 10.6 Å². The van der Waals surface area contributed by atoms with Gasteiger partial charge in [0, 0.05) is 12.6 Å². The largest absolute Gasteiger partial charge is 0.354 e. The summed E-state index contributed by atoms with van der Waals surface area (Å²) >= 11 is 5.73. The fourth-order valence-electron chi connectivity index (χ4n) is 0.910. The highest BCUT2D eigenvalue weighted by atomic mass is 35.5. The first-order valence-electron chi connectivity index (χ1n) is 4.53. The second kappa shape index (κ2) is 4.95. The Labute approximate surface area is 88.3 Å². The Kier molecular flexibility index (Phi) is 3.88. The predicted octanol–water partition coefficient (Wildman–Crippen LogP) is 1.78. The number of aromatic nitrogens is 3. The molecular formula is C8H14ClN5. The van der Waals surface area contributed by atoms with Crippen molar-refractivity contribution in [2.75, 3.05) is 17.2 Å². The summed E-state index contributed by atoms with van der Waals surface area (Å²) in [5, 5.41) is 6.23. The number of rotatable bonds is 4. The van der Waals surface area contributed by atoms with Crippen molar-refractivity contribution < 1.29 is 0 Å². The minimum Gasteiger partial charge on any atom is -0.354 e. The first kappa shape index (κ1) is 11.0. The normalized spacial score (nSPS) is 10.4. The molecule has 1 aromatic heterocycles. The fourth-order valence-corrected chi connectivity index (χ4v) is 1.07. The van der Waals surface area contributed by atoms with Gasteiger partial charge in [-0.2, -0.15) is 15.0 Å². The molecule has 0 amide bonds. The van der Waals surface area contributed by atoms with Crippen LogP contribution >= 0.6 is 11.6 Å². The van der Waals surface area contributed by atoms with Gasteiger partial charge in [-0.3, -0.25) is 0 Å². The summed E-state index contributed by atoms with van der Waals surface area (Å²) in [6.07, 6.45) is 0. The van der Waals surface area contributed by atoms with E-state index in [1.54, 1.807) is 0 Å². The number of halogens is 1. The van der Waals surface area contributed by atoms with Gasteiger partial charge in [0.25, 0.3) is 0 Å². The van der Waals surface area contributed by atoms with Gasteiger partial charge in [-0.25, -0.2) is 0 Å². The average molecular weight is 219 g/mol. The number of nitrogens with zero attached hydrogens (tertiary/aromatic N) is 3. The molecule has 2 N–H and O–H groups in total. The van der Waals surface area contributed by atoms with E-state index in [-0.39, 0.29) is 11.3 Å². The van der Waals surface area contributed by atoms with E-state index < -0.39 is 0 Å². The Morgan fingerprint density at radius 1 is 1.21 bits per heavy atom. The maximum Gasteiger partial charge on any atom is 0.228 e. The Hall–Kier alpha value is -1.10. The Morgan fingerprint density at radius 2 is 1.86 bits per heavy atom. The number of hydrogen-bond acceptors (Lipinski definition) is 5. The van der Waals surface area contributed by atoms with E-state index in [9.17, 15) is 0 Å². The molecule has 0 unspecified atom stereocenters. The van der Waals surface area contributed by atoms with Crippen LogP contribution in [0.2, 0.25) is 5.28 Å². The van der Waals surface area contributed by atoms with E-state index in [1.165, 1.54) is 0 Å². The highest BCUT2D eigenvalue weighted by Gasteiger charge is 2.04. The summed E-state index contributed by atoms with van der Waals surface area (Å²) in [5.74, 6) is 0.992. The Morgan fingerprint density at radius 3 is 2.43 bits per heavy atom. The molecule has 14 heavy (non-hydrogen) atoms. The zero-order valence-electron chi connectivity index (χ0n) is 8.50. The van der Waals surface area contributed by atoms with E-state index in [2.05, 4.69) is 25.6 Å². The molecule has 0 aliphatic carbocycles. The van der Waals surface area contributed by atoms with Gasteiger partial charge in [0.2, 0.25) is 17.2 Å². The Balaban J connectivity index is 2.83. The molecule has 0 radical (unpaired) electrons. The number of nitrogens with one attached hydrogen (secondary N) is 2. The monoisotopic (exact) mass is 218 g/mol. The predicted molar refractivity (Wildman–Crippen MR) is 57.8 cm³/mol. The fraction of sp³-hybridized carbons (Fsp3) is 0.625. The van der Waals surface area contributed by atoms with Gasteiger partial charge in [0.05, 0.1) is 0 Å². The van der Waals surface area contributed by atoms with Crippen LogP contribution in [0.25, 0.3) is 0 Å². The van der Waals surface area contributed by atoms with Gasteiger partial charge in [-0.05, 0) is 32.4 Å². The highest BCUT2D eigenvalue weighted by Crippen LogP contribution is 2.09. The summed E-state index contributed by atoms with van der Waals surface area (Å²) in [7, 11) is 0. The molecule has 5 nitrogen and oxygen atoms in total. The summed E-state index contributed by atoms with van der Waals surface area (Å²) in [6.45, 7) is 6.73. The molecule has 0 saturated heterocycles. The first-order chi connectivity index (χ1) is 6.61. The van der Waals surface area contributed by atoms with Crippen LogP contribution in [-0.4, -0.2) is 27.5 Å². The van der Waals surface area contributed by atoms with Crippen LogP contribution in [0.4, 0.5) is 11.9 Å². The van der Waals surface area contributed by atoms with Crippen molar-refractivity contribution in [3.05, 3.63) is 5.28 Å². The zero-order chi connectivity index (χ0) is 10.6. The molecule has 78 valence electrons. The minimum absolute atomic E-state index is 0.194. The van der Waals surface area contributed by atoms with Crippen LogP contribution < -0.4 is 10.6 Å². The lowest BCUT2D eigenvalue weighted by molar-refractivity contribution is 0.866. The van der Waals surface area contributed by atoms with Crippen LogP contribution in [0.15, 0.2) is 0 Å². The molecule has 1 rings (SSSR count). The number of hydrogen-bond donors (Lipinski definition) is 2. The maximum atomic E-state index is 5.73. The van der Waals surface area contributed by atoms with Gasteiger partial charge in [-0.15, -0.1) is 0 Å². The van der Waals surface area contributed by atoms with Gasteiger partial charge in [0.15, 0.2) is 0 Å². The van der Waals surface area contributed by atoms with E-state index in [1.807, 2.05) is 20.8 Å². The van der Waals surface area contributed by atoms with E-state index in [0.717, 1.165) is 6.54 Å². The third kappa shape index (κ3) is 3.33. The van der Waals surface area contributed by atoms with Crippen molar-refractivity contribution in [1.29, 1.82) is 0 Å². The molecule has 0 spiro atoms. The number of anilines is 2. The smallest absolute Gasteiger partial charge is 0.228 e. The maximum absolute atomic E-state index is 5.73. The Bertz CT molecular complexity index is 302. The van der Waals surface area contributed by atoms with Gasteiger partial charge in [0.1, 0.15) is 0 Å². The van der Waals surface area contributed by atoms with Crippen molar-refractivity contribution in [1.82, 2.24) is 15.0 Å². The molecule has 0 aliphatic heterocycles. The van der Waals surface area contributed by atoms with Crippen LogP contribution in [0.3, 0.4) is 0 Å². The topological polar surface area (TPSA) is 62.7 Å². The molecule has 0 aliphatic rings. The average Bonchev–Trinajstić information content (AvgIpc) is 2.01. The summed E-state index contributed by atoms with van der Waals surface area (Å²) in [5.41, 5.74) is 0. The van der Waals surface area contributed by atoms with Crippen molar-refractivity contribution in [3.63, 3.8) is 0 Å². The molecule has 0 fully saturated rings. The second-order valence-electron chi connectivity index (χ2n) is 3.08. The molecule has 0 aromatic carbocycles. The van der Waals surface area contributed by atoms with E-state index >= 15 is 0 Å². The molecule has 0 bridgehead atoms. The van der Waals surface area contributed by atoms with Crippen LogP contribution in [0.1, 0.15) is 20.8 Å². The third-order valence-corrected chi connectivity index (χ3v) is 1.53. The van der Waals surface area contributed by atoms with Gasteiger partial charge >= 0.3 is 0 Å². The molecular weight excluding hydrogens is 205 g/mol. The van der Waals surface area contributed by atoms with Crippen molar-refractivity contribution in [2.24, 2.45) is 0 Å². The quantitative estimate of drug-likeness (QED) is 0.807. The van der Waals surface area contributed by atoms with Gasteiger partial charge in [-0.1, -0.05) is 0 Å². The molecule has 1 heterocycles. The van der Waals surface area contributed by atoms with Crippen molar-refractivity contribution >= 4 is 23.5 Å².